The Kier molecular flexibility index (Phi) is 7.48. The Labute approximate surface area is 249 Å². The summed E-state index contributed by atoms with van der Waals surface area (Å²) in [7, 11) is 0. The molecule has 238 valence electrons. The highest BCUT2D eigenvalue weighted by molar-refractivity contribution is 5.29. The second-order valence-corrected chi connectivity index (χ2v) is 15.6. The SMILES string of the molecule is C=C1[C@H]2[C@H](C[C@H]3[C@@H]4CC[C@H]5C[C@H](O[C@@H]6O[C@H](CO)[C@@H](O)[C@H](O)[C@H]6O)C[C@@H](O)[C@]5(C)[C@H]4CC[C@@]32C)O[C@]12CC[C@H](C)CO2. The van der Waals surface area contributed by atoms with Crippen LogP contribution in [0.3, 0.4) is 0 Å². The molecule has 5 N–H and O–H groups in total. The topological polar surface area (TPSA) is 138 Å². The molecule has 0 aromatic rings. The van der Waals surface area contributed by atoms with Crippen molar-refractivity contribution in [1.82, 2.24) is 0 Å². The second kappa shape index (κ2) is 10.5. The molecule has 3 heterocycles. The van der Waals surface area contributed by atoms with E-state index in [1.807, 2.05) is 0 Å². The van der Waals surface area contributed by atoms with E-state index in [0.717, 1.165) is 58.0 Å². The zero-order chi connectivity index (χ0) is 29.8. The van der Waals surface area contributed by atoms with Gasteiger partial charge in [-0.1, -0.05) is 27.4 Å². The summed E-state index contributed by atoms with van der Waals surface area (Å²) >= 11 is 0. The molecule has 7 fully saturated rings. The van der Waals surface area contributed by atoms with Gasteiger partial charge in [0.05, 0.1) is 31.5 Å². The van der Waals surface area contributed by atoms with E-state index < -0.39 is 49.2 Å². The quantitative estimate of drug-likeness (QED) is 0.247. The average Bonchev–Trinajstić information content (AvgIpc) is 3.41. The molecule has 3 saturated heterocycles. The molecule has 4 aliphatic carbocycles. The van der Waals surface area contributed by atoms with Crippen LogP contribution in [-0.4, -0.2) is 93.6 Å². The van der Waals surface area contributed by atoms with Crippen LogP contribution in [0.25, 0.3) is 0 Å². The predicted octanol–water partition coefficient (Wildman–Crippen LogP) is 2.51. The van der Waals surface area contributed by atoms with Crippen LogP contribution >= 0.6 is 0 Å². The first kappa shape index (κ1) is 30.1. The molecule has 17 atom stereocenters. The minimum absolute atomic E-state index is 0.135. The first-order chi connectivity index (χ1) is 19.9. The fraction of sp³-hybridized carbons (Fsp3) is 0.939. The van der Waals surface area contributed by atoms with E-state index in [4.69, 9.17) is 18.9 Å². The predicted molar refractivity (Wildman–Crippen MR) is 152 cm³/mol. The van der Waals surface area contributed by atoms with Gasteiger partial charge in [0.25, 0.3) is 0 Å². The molecule has 0 radical (unpaired) electrons. The van der Waals surface area contributed by atoms with Crippen molar-refractivity contribution in [3.63, 3.8) is 0 Å². The van der Waals surface area contributed by atoms with Crippen molar-refractivity contribution in [3.8, 4) is 0 Å². The fourth-order valence-corrected chi connectivity index (χ4v) is 11.3. The summed E-state index contributed by atoms with van der Waals surface area (Å²) in [4.78, 5) is 0. The second-order valence-electron chi connectivity index (χ2n) is 15.6. The lowest BCUT2D eigenvalue weighted by Crippen LogP contribution is -2.62. The van der Waals surface area contributed by atoms with Crippen molar-refractivity contribution in [2.45, 2.75) is 133 Å². The van der Waals surface area contributed by atoms with Crippen LogP contribution in [0.2, 0.25) is 0 Å². The van der Waals surface area contributed by atoms with Gasteiger partial charge in [0.2, 0.25) is 0 Å². The van der Waals surface area contributed by atoms with E-state index in [2.05, 4.69) is 27.4 Å². The highest BCUT2D eigenvalue weighted by atomic mass is 16.7. The standard InChI is InChI=1S/C33H52O9/c1-16-7-10-33(39-15-16)17(2)26-23(42-33)13-22-20-6-5-18-11-19(40-30-29(38)28(37)27(36)24(14-34)41-30)12-25(35)32(18,4)21(20)8-9-31(22,26)3/h16,18-30,34-38H,2,5-15H2,1,3-4H3/t16-,18-,19-,20+,21-,22-,23-,24+,25+,26-,27+,28-,29+,30+,31-,32-,33+/m0/s1. The van der Waals surface area contributed by atoms with Crippen LogP contribution in [0.15, 0.2) is 12.2 Å². The van der Waals surface area contributed by atoms with Crippen molar-refractivity contribution in [1.29, 1.82) is 0 Å². The zero-order valence-electron chi connectivity index (χ0n) is 25.4. The normalized spacial score (nSPS) is 59.2. The summed E-state index contributed by atoms with van der Waals surface area (Å²) in [6.45, 7) is 11.9. The van der Waals surface area contributed by atoms with Crippen LogP contribution in [0.4, 0.5) is 0 Å². The number of rotatable bonds is 3. The summed E-state index contributed by atoms with van der Waals surface area (Å²) in [5.74, 6) is 2.07. The van der Waals surface area contributed by atoms with Gasteiger partial charge >= 0.3 is 0 Å². The Morgan fingerprint density at radius 2 is 1.71 bits per heavy atom. The van der Waals surface area contributed by atoms with Gasteiger partial charge in [-0.15, -0.1) is 0 Å². The van der Waals surface area contributed by atoms with Gasteiger partial charge in [0.1, 0.15) is 24.4 Å². The highest BCUT2D eigenvalue weighted by Crippen LogP contribution is 2.71. The minimum atomic E-state index is -1.47. The molecule has 9 heteroatoms. The van der Waals surface area contributed by atoms with Crippen LogP contribution in [0.5, 0.6) is 0 Å². The molecular weight excluding hydrogens is 540 g/mol. The molecule has 0 aromatic heterocycles. The van der Waals surface area contributed by atoms with Gasteiger partial charge in [-0.25, -0.2) is 0 Å². The fourth-order valence-electron chi connectivity index (χ4n) is 11.3. The van der Waals surface area contributed by atoms with E-state index >= 15 is 0 Å². The minimum Gasteiger partial charge on any atom is -0.394 e. The van der Waals surface area contributed by atoms with Crippen molar-refractivity contribution >= 4 is 0 Å². The van der Waals surface area contributed by atoms with Gasteiger partial charge in [-0.2, -0.15) is 0 Å². The third kappa shape index (κ3) is 4.21. The van der Waals surface area contributed by atoms with Crippen LogP contribution in [0, 0.1) is 46.3 Å². The lowest BCUT2D eigenvalue weighted by Gasteiger charge is -2.62. The van der Waals surface area contributed by atoms with E-state index in [1.54, 1.807) is 0 Å². The molecule has 4 saturated carbocycles. The molecule has 7 aliphatic rings. The van der Waals surface area contributed by atoms with Gasteiger partial charge in [-0.3, -0.25) is 0 Å². The first-order valence-electron chi connectivity index (χ1n) is 16.6. The van der Waals surface area contributed by atoms with Crippen molar-refractivity contribution < 1.29 is 44.5 Å². The molecule has 0 bridgehead atoms. The molecule has 0 aromatic carbocycles. The number of hydrogen-bond donors (Lipinski definition) is 5. The number of ether oxygens (including phenoxy) is 4. The third-order valence-electron chi connectivity index (χ3n) is 13.7. The van der Waals surface area contributed by atoms with E-state index in [-0.39, 0.29) is 29.0 Å². The van der Waals surface area contributed by atoms with Gasteiger partial charge in [-0.05, 0) is 90.9 Å². The lowest BCUT2D eigenvalue weighted by atomic mass is 9.44. The van der Waals surface area contributed by atoms with Crippen LogP contribution in [-0.2, 0) is 18.9 Å². The van der Waals surface area contributed by atoms with E-state index in [9.17, 15) is 25.5 Å². The Bertz CT molecular complexity index is 1040. The van der Waals surface area contributed by atoms with E-state index in [1.165, 1.54) is 5.57 Å². The maximum Gasteiger partial charge on any atom is 0.191 e. The smallest absolute Gasteiger partial charge is 0.191 e. The summed E-state index contributed by atoms with van der Waals surface area (Å²) < 4.78 is 25.0. The monoisotopic (exact) mass is 592 g/mol. The molecule has 0 amide bonds. The summed E-state index contributed by atoms with van der Waals surface area (Å²) in [5.41, 5.74) is 1.09. The Balaban J connectivity index is 1.05. The molecule has 1 spiro atoms. The Hall–Kier alpha value is -0.620. The number of aliphatic hydroxyl groups is 5. The average molecular weight is 593 g/mol. The maximum atomic E-state index is 11.8. The van der Waals surface area contributed by atoms with Crippen LogP contribution < -0.4 is 0 Å². The zero-order valence-corrected chi connectivity index (χ0v) is 25.4. The maximum absolute atomic E-state index is 11.8. The van der Waals surface area contributed by atoms with E-state index in [0.29, 0.717) is 36.0 Å². The highest BCUT2D eigenvalue weighted by Gasteiger charge is 2.69. The largest absolute Gasteiger partial charge is 0.394 e. The molecule has 9 nitrogen and oxygen atoms in total. The molecule has 7 rings (SSSR count). The van der Waals surface area contributed by atoms with Gasteiger partial charge in [0, 0.05) is 18.8 Å². The van der Waals surface area contributed by atoms with Crippen molar-refractivity contribution in [2.75, 3.05) is 13.2 Å². The van der Waals surface area contributed by atoms with Crippen molar-refractivity contribution in [2.24, 2.45) is 46.3 Å². The van der Waals surface area contributed by atoms with Crippen molar-refractivity contribution in [3.05, 3.63) is 12.2 Å². The molecule has 3 aliphatic heterocycles. The summed E-state index contributed by atoms with van der Waals surface area (Å²) in [6.07, 6.45) is 1.33. The summed E-state index contributed by atoms with van der Waals surface area (Å²) in [6, 6.07) is 0. The van der Waals surface area contributed by atoms with Crippen LogP contribution in [0.1, 0.15) is 78.6 Å². The Morgan fingerprint density at radius 1 is 0.929 bits per heavy atom. The molecular formula is C33H52O9. The lowest BCUT2D eigenvalue weighted by molar-refractivity contribution is -0.320. The number of aliphatic hydroxyl groups excluding tert-OH is 5. The molecule has 0 unspecified atom stereocenters. The van der Waals surface area contributed by atoms with Gasteiger partial charge in [0.15, 0.2) is 12.1 Å². The Morgan fingerprint density at radius 3 is 2.43 bits per heavy atom. The number of fused-ring (bicyclic) bond motifs is 7. The first-order valence-corrected chi connectivity index (χ1v) is 16.6. The number of hydrogen-bond acceptors (Lipinski definition) is 9. The summed E-state index contributed by atoms with van der Waals surface area (Å²) in [5, 5.41) is 52.2. The molecule has 42 heavy (non-hydrogen) atoms. The van der Waals surface area contributed by atoms with Gasteiger partial charge < -0.3 is 44.5 Å². The third-order valence-corrected chi connectivity index (χ3v) is 13.7.